The first-order chi connectivity index (χ1) is 6.56. The minimum absolute atomic E-state index is 0.0573. The Morgan fingerprint density at radius 2 is 2.21 bits per heavy atom. The molecule has 5 heteroatoms. The average Bonchev–Trinajstić information content (AvgIpc) is 2.49. The van der Waals surface area contributed by atoms with Gasteiger partial charge in [0.1, 0.15) is 0 Å². The fourth-order valence-electron chi connectivity index (χ4n) is 1.61. The second-order valence-corrected chi connectivity index (χ2v) is 7.09. The lowest BCUT2D eigenvalue weighted by atomic mass is 10.1. The molecule has 0 saturated heterocycles. The summed E-state index contributed by atoms with van der Waals surface area (Å²) in [5.41, 5.74) is 2.00. The molecule has 1 aromatic carbocycles. The molecule has 0 unspecified atom stereocenters. The zero-order chi connectivity index (χ0) is 10.2. The number of thioether (sulfide) groups is 1. The molecular weight excluding hydrogens is 240 g/mol. The standard InChI is InChI=1S/C9H9ClO2S2/c10-14(11,12)6-7-2-1-3-9-8(7)4-5-13-9/h1-3H,4-6H2. The van der Waals surface area contributed by atoms with Gasteiger partial charge in [0.15, 0.2) is 0 Å². The lowest BCUT2D eigenvalue weighted by Gasteiger charge is -2.04. The third kappa shape index (κ3) is 2.24. The summed E-state index contributed by atoms with van der Waals surface area (Å²) in [4.78, 5) is 1.20. The van der Waals surface area contributed by atoms with E-state index in [2.05, 4.69) is 0 Å². The first kappa shape index (κ1) is 10.3. The zero-order valence-electron chi connectivity index (χ0n) is 7.36. The van der Waals surface area contributed by atoms with E-state index >= 15 is 0 Å². The van der Waals surface area contributed by atoms with Crippen molar-refractivity contribution >= 4 is 31.5 Å². The molecule has 0 spiro atoms. The van der Waals surface area contributed by atoms with Crippen molar-refractivity contribution in [1.82, 2.24) is 0 Å². The van der Waals surface area contributed by atoms with Gasteiger partial charge >= 0.3 is 0 Å². The van der Waals surface area contributed by atoms with Crippen LogP contribution in [0.2, 0.25) is 0 Å². The van der Waals surface area contributed by atoms with Crippen LogP contribution in [0.15, 0.2) is 23.1 Å². The van der Waals surface area contributed by atoms with Crippen molar-refractivity contribution in [1.29, 1.82) is 0 Å². The Bertz CT molecular complexity index is 454. The van der Waals surface area contributed by atoms with E-state index in [4.69, 9.17) is 10.7 Å². The van der Waals surface area contributed by atoms with Crippen LogP contribution in [0.5, 0.6) is 0 Å². The predicted molar refractivity (Wildman–Crippen MR) is 59.3 cm³/mol. The van der Waals surface area contributed by atoms with E-state index in [1.165, 1.54) is 4.90 Å². The second-order valence-electron chi connectivity index (χ2n) is 3.18. The van der Waals surface area contributed by atoms with E-state index < -0.39 is 9.05 Å². The van der Waals surface area contributed by atoms with Gasteiger partial charge in [0.25, 0.3) is 0 Å². The summed E-state index contributed by atoms with van der Waals surface area (Å²) in [5, 5.41) is 0. The molecule has 2 rings (SSSR count). The summed E-state index contributed by atoms with van der Waals surface area (Å²) < 4.78 is 21.9. The molecule has 1 aliphatic heterocycles. The fourth-order valence-corrected chi connectivity index (χ4v) is 3.72. The van der Waals surface area contributed by atoms with Crippen molar-refractivity contribution < 1.29 is 8.42 Å². The van der Waals surface area contributed by atoms with Crippen LogP contribution in [-0.2, 0) is 21.2 Å². The number of halogens is 1. The summed E-state index contributed by atoms with van der Waals surface area (Å²) in [6.07, 6.45) is 0.947. The molecule has 14 heavy (non-hydrogen) atoms. The maximum absolute atomic E-state index is 11.0. The SMILES string of the molecule is O=S(=O)(Cl)Cc1cccc2c1CCS2. The zero-order valence-corrected chi connectivity index (χ0v) is 9.75. The topological polar surface area (TPSA) is 34.1 Å². The van der Waals surface area contributed by atoms with Crippen molar-refractivity contribution in [3.05, 3.63) is 29.3 Å². The molecule has 0 aliphatic carbocycles. The van der Waals surface area contributed by atoms with Crippen molar-refractivity contribution in [2.24, 2.45) is 0 Å². The smallest absolute Gasteiger partial charge is 0.212 e. The van der Waals surface area contributed by atoms with Gasteiger partial charge in [0.05, 0.1) is 5.75 Å². The normalized spacial score (nSPS) is 15.5. The molecule has 76 valence electrons. The van der Waals surface area contributed by atoms with Crippen molar-refractivity contribution in [2.75, 3.05) is 5.75 Å². The molecule has 0 amide bonds. The highest BCUT2D eigenvalue weighted by Crippen LogP contribution is 2.34. The van der Waals surface area contributed by atoms with E-state index in [1.807, 2.05) is 18.2 Å². The number of fused-ring (bicyclic) bond motifs is 1. The molecule has 0 fully saturated rings. The third-order valence-electron chi connectivity index (χ3n) is 2.17. The van der Waals surface area contributed by atoms with Crippen molar-refractivity contribution in [2.45, 2.75) is 17.1 Å². The van der Waals surface area contributed by atoms with Gasteiger partial charge in [-0.25, -0.2) is 8.42 Å². The molecule has 1 aromatic rings. The summed E-state index contributed by atoms with van der Waals surface area (Å²) in [7, 11) is 1.80. The van der Waals surface area contributed by atoms with Crippen molar-refractivity contribution in [3.8, 4) is 0 Å². The Labute approximate surface area is 92.1 Å². The van der Waals surface area contributed by atoms with Crippen LogP contribution in [0, 0.1) is 0 Å². The van der Waals surface area contributed by atoms with Gasteiger partial charge in [-0.2, -0.15) is 0 Å². The highest BCUT2D eigenvalue weighted by Gasteiger charge is 2.17. The Morgan fingerprint density at radius 3 is 2.93 bits per heavy atom. The van der Waals surface area contributed by atoms with Gasteiger partial charge in [-0.1, -0.05) is 12.1 Å². The van der Waals surface area contributed by atoms with Crippen LogP contribution >= 0.6 is 22.4 Å². The quantitative estimate of drug-likeness (QED) is 0.754. The van der Waals surface area contributed by atoms with Gasteiger partial charge in [-0.05, 0) is 23.6 Å². The first-order valence-electron chi connectivity index (χ1n) is 4.22. The Balaban J connectivity index is 2.40. The van der Waals surface area contributed by atoms with E-state index in [1.54, 1.807) is 11.8 Å². The van der Waals surface area contributed by atoms with E-state index in [9.17, 15) is 8.42 Å². The van der Waals surface area contributed by atoms with E-state index in [0.717, 1.165) is 23.3 Å². The van der Waals surface area contributed by atoms with Crippen LogP contribution in [0.3, 0.4) is 0 Å². The molecule has 0 radical (unpaired) electrons. The van der Waals surface area contributed by atoms with E-state index in [-0.39, 0.29) is 5.75 Å². The molecule has 0 bridgehead atoms. The van der Waals surface area contributed by atoms with Gasteiger partial charge < -0.3 is 0 Å². The molecule has 0 N–H and O–H groups in total. The molecule has 0 atom stereocenters. The van der Waals surface area contributed by atoms with Gasteiger partial charge in [0.2, 0.25) is 9.05 Å². The van der Waals surface area contributed by atoms with Crippen LogP contribution in [0.1, 0.15) is 11.1 Å². The second kappa shape index (κ2) is 3.76. The minimum atomic E-state index is -3.44. The number of rotatable bonds is 2. The molecule has 1 aliphatic rings. The average molecular weight is 249 g/mol. The van der Waals surface area contributed by atoms with Crippen LogP contribution in [-0.4, -0.2) is 14.2 Å². The summed E-state index contributed by atoms with van der Waals surface area (Å²) in [5.74, 6) is 0.979. The van der Waals surface area contributed by atoms with E-state index in [0.29, 0.717) is 0 Å². The lowest BCUT2D eigenvalue weighted by Crippen LogP contribution is -1.99. The molecule has 0 saturated carbocycles. The maximum atomic E-state index is 11.0. The molecule has 1 heterocycles. The van der Waals surface area contributed by atoms with Gasteiger partial charge in [-0.15, -0.1) is 11.8 Å². The van der Waals surface area contributed by atoms with Crippen LogP contribution in [0.4, 0.5) is 0 Å². The summed E-state index contributed by atoms with van der Waals surface area (Å²) >= 11 is 1.77. The molecule has 0 aromatic heterocycles. The lowest BCUT2D eigenvalue weighted by molar-refractivity contribution is 0.608. The molecular formula is C9H9ClO2S2. The van der Waals surface area contributed by atoms with Crippen LogP contribution in [0.25, 0.3) is 0 Å². The third-order valence-corrected chi connectivity index (χ3v) is 4.25. The van der Waals surface area contributed by atoms with Gasteiger partial charge in [0, 0.05) is 21.3 Å². The minimum Gasteiger partial charge on any atom is -0.212 e. The molecule has 2 nitrogen and oxygen atoms in total. The van der Waals surface area contributed by atoms with Crippen LogP contribution < -0.4 is 0 Å². The highest BCUT2D eigenvalue weighted by atomic mass is 35.7. The number of benzene rings is 1. The Morgan fingerprint density at radius 1 is 1.43 bits per heavy atom. The number of hydrogen-bond acceptors (Lipinski definition) is 3. The largest absolute Gasteiger partial charge is 0.236 e. The predicted octanol–water partition coefficient (Wildman–Crippen LogP) is 2.40. The monoisotopic (exact) mass is 248 g/mol. The Hall–Kier alpha value is -0.190. The highest BCUT2D eigenvalue weighted by molar-refractivity contribution is 8.13. The summed E-state index contributed by atoms with van der Waals surface area (Å²) in [6, 6.07) is 5.75. The fraction of sp³-hybridized carbons (Fsp3) is 0.333. The Kier molecular flexibility index (Phi) is 2.77. The summed E-state index contributed by atoms with van der Waals surface area (Å²) in [6.45, 7) is 0. The van der Waals surface area contributed by atoms with Crippen molar-refractivity contribution in [3.63, 3.8) is 0 Å². The van der Waals surface area contributed by atoms with Gasteiger partial charge in [-0.3, -0.25) is 0 Å². The maximum Gasteiger partial charge on any atom is 0.236 e. The first-order valence-corrected chi connectivity index (χ1v) is 7.68. The number of hydrogen-bond donors (Lipinski definition) is 0.